The van der Waals surface area contributed by atoms with Crippen molar-refractivity contribution in [3.8, 4) is 0 Å². The summed E-state index contributed by atoms with van der Waals surface area (Å²) in [5, 5.41) is 62.6. The van der Waals surface area contributed by atoms with Crippen LogP contribution in [-0.2, 0) is 59.2 Å². The van der Waals surface area contributed by atoms with Gasteiger partial charge in [-0.15, -0.1) is 0 Å². The van der Waals surface area contributed by atoms with Crippen LogP contribution in [0.5, 0.6) is 0 Å². The fraction of sp³-hybridized carbons (Fsp3) is 0.696. The highest BCUT2D eigenvalue weighted by Crippen LogP contribution is 2.19. The zero-order valence-electron chi connectivity index (χ0n) is 48.7. The Morgan fingerprint density at radius 3 is 1.75 bits per heavy atom. The van der Waals surface area contributed by atoms with E-state index in [2.05, 4.69) is 56.4 Å². The number of aliphatic hydroxyl groups is 4. The molecular weight excluding hydrogens is 1080 g/mol. The molecule has 0 aliphatic carbocycles. The highest BCUT2D eigenvalue weighted by atomic mass is 16.3. The molecule has 0 radical (unpaired) electrons. The molecule has 1 aromatic rings. The molecule has 0 bridgehead atoms. The fourth-order valence-electron chi connectivity index (χ4n) is 9.32. The molecule has 14 atom stereocenters. The summed E-state index contributed by atoms with van der Waals surface area (Å²) in [4.78, 5) is 153. The number of benzene rings is 1. The highest BCUT2D eigenvalue weighted by Gasteiger charge is 2.38. The minimum absolute atomic E-state index is 0.0300. The fourth-order valence-corrected chi connectivity index (χ4v) is 9.32. The maximum atomic E-state index is 14.4. The number of unbranched alkanes of at least 4 members (excludes halogenated alkanes) is 1. The first-order valence-electron chi connectivity index (χ1n) is 28.8. The summed E-state index contributed by atoms with van der Waals surface area (Å²) in [5.41, 5.74) is 23.9. The van der Waals surface area contributed by atoms with Gasteiger partial charge in [-0.3, -0.25) is 52.7 Å². The second-order valence-corrected chi connectivity index (χ2v) is 21.6. The van der Waals surface area contributed by atoms with Crippen LogP contribution in [0.1, 0.15) is 124 Å². The van der Waals surface area contributed by atoms with Gasteiger partial charge in [0.05, 0.1) is 36.9 Å². The van der Waals surface area contributed by atoms with Crippen LogP contribution in [0.4, 0.5) is 0 Å². The van der Waals surface area contributed by atoms with Gasteiger partial charge in [-0.1, -0.05) is 63.4 Å². The molecule has 8 amide bonds. The molecule has 0 unspecified atom stereocenters. The monoisotopic (exact) mass is 1170 g/mol. The summed E-state index contributed by atoms with van der Waals surface area (Å²) in [6.07, 6.45) is -3.73. The lowest BCUT2D eigenvalue weighted by Gasteiger charge is -2.28. The van der Waals surface area contributed by atoms with Crippen molar-refractivity contribution in [1.29, 1.82) is 0 Å². The van der Waals surface area contributed by atoms with Crippen molar-refractivity contribution in [3.05, 3.63) is 35.9 Å². The predicted octanol–water partition coefficient (Wildman–Crippen LogP) is -3.99. The molecule has 0 aromatic heterocycles. The third-order valence-corrected chi connectivity index (χ3v) is 14.6. The summed E-state index contributed by atoms with van der Waals surface area (Å²) >= 11 is 0. The number of carbonyl (C=O) groups is 11. The van der Waals surface area contributed by atoms with Crippen LogP contribution in [0.2, 0.25) is 0 Å². The van der Waals surface area contributed by atoms with Gasteiger partial charge in [0.2, 0.25) is 47.3 Å². The maximum absolute atomic E-state index is 14.4. The SMILES string of the molecule is CC[C@H](C)CCCCC(=O)C[C@@H](CCN)C(=O)N[C@H](C(=O)C[C@H](CO)C(=O)N[C@H]1CCNC(=O)[C@H]([C@@H](C)O)NC(=O)[C@H](CCN)NC(=O)[C@H](CCN)NC(=O)[C@H]([C@@H](C)O)NC(=O)[C@@H](Cc2ccccc2)CC(=O)[C@H](CCN)NC1=O)[C@@H](C)O. The van der Waals surface area contributed by atoms with Crippen molar-refractivity contribution in [3.63, 3.8) is 0 Å². The van der Waals surface area contributed by atoms with Crippen LogP contribution in [0, 0.1) is 23.7 Å². The summed E-state index contributed by atoms with van der Waals surface area (Å²) in [6.45, 7) is 5.80. The van der Waals surface area contributed by atoms with Crippen LogP contribution < -0.4 is 65.5 Å². The standard InChI is InChI=1S/C56H94N12O15/c1-6-31(2)12-10-11-15-39(73)27-36(16-21-57)49(76)66-46(32(3)70)45(75)29-38(30-69)51(78)63-43-20-25-61-55(82)47(33(4)71)68-54(81)42(19-24-60)64-52(79)41(18-23-59)65-56(83)48(34(5)72)67-50(77)37(26-35-13-8-7-9-14-35)28-44(74)40(17-22-58)62-53(43)80/h7-9,13-14,31-34,36-38,40-43,46-48,69-72H,6,10-12,15-30,57-60H2,1-5H3,(H,61,82)(H,62,80)(H,63,78)(H,64,79)(H,65,83)(H,66,76)(H,67,77)(H,68,81)/t31-,32+,33+,34+,36+,37-,38+,40-,41-,42-,43-,46-,47-,48-/m0/s1. The average molecular weight is 1180 g/mol. The third-order valence-electron chi connectivity index (χ3n) is 14.6. The summed E-state index contributed by atoms with van der Waals surface area (Å²) in [6, 6.07) is -2.68. The molecule has 2 rings (SSSR count). The summed E-state index contributed by atoms with van der Waals surface area (Å²) < 4.78 is 0. The van der Waals surface area contributed by atoms with Crippen molar-refractivity contribution in [2.45, 2.75) is 185 Å². The molecule has 1 saturated heterocycles. The van der Waals surface area contributed by atoms with Crippen molar-refractivity contribution in [2.24, 2.45) is 46.6 Å². The van der Waals surface area contributed by atoms with Gasteiger partial charge in [-0.2, -0.15) is 0 Å². The van der Waals surface area contributed by atoms with Crippen LogP contribution >= 0.6 is 0 Å². The average Bonchev–Trinajstić information content (AvgIpc) is 3.45. The third kappa shape index (κ3) is 25.6. The van der Waals surface area contributed by atoms with Crippen LogP contribution in [0.25, 0.3) is 0 Å². The van der Waals surface area contributed by atoms with E-state index in [0.29, 0.717) is 17.9 Å². The lowest BCUT2D eigenvalue weighted by atomic mass is 9.90. The molecule has 1 aromatic carbocycles. The van der Waals surface area contributed by atoms with E-state index < -0.39 is 170 Å². The number of nitrogens with one attached hydrogen (secondary N) is 8. The number of amides is 8. The Hall–Kier alpha value is -6.33. The van der Waals surface area contributed by atoms with E-state index in [1.807, 2.05) is 0 Å². The van der Waals surface area contributed by atoms with Crippen molar-refractivity contribution in [1.82, 2.24) is 42.5 Å². The predicted molar refractivity (Wildman–Crippen MR) is 305 cm³/mol. The van der Waals surface area contributed by atoms with Crippen molar-refractivity contribution < 1.29 is 73.2 Å². The molecule has 468 valence electrons. The highest BCUT2D eigenvalue weighted by molar-refractivity contribution is 5.99. The van der Waals surface area contributed by atoms with Gasteiger partial charge in [0.1, 0.15) is 42.0 Å². The number of hydrogen-bond donors (Lipinski definition) is 16. The number of hydrogen-bond acceptors (Lipinski definition) is 19. The molecule has 83 heavy (non-hydrogen) atoms. The van der Waals surface area contributed by atoms with Crippen LogP contribution in [-0.4, -0.2) is 185 Å². The largest absolute Gasteiger partial charge is 0.396 e. The Balaban J connectivity index is 2.63. The van der Waals surface area contributed by atoms with Crippen molar-refractivity contribution in [2.75, 3.05) is 39.3 Å². The Labute approximate surface area is 485 Å². The second kappa shape index (κ2) is 38.5. The number of aliphatic hydroxyl groups excluding tert-OH is 4. The first kappa shape index (κ1) is 72.8. The Morgan fingerprint density at radius 1 is 0.639 bits per heavy atom. The van der Waals surface area contributed by atoms with E-state index >= 15 is 0 Å². The van der Waals surface area contributed by atoms with Gasteiger partial charge in [0, 0.05) is 44.1 Å². The maximum Gasteiger partial charge on any atom is 0.245 e. The van der Waals surface area contributed by atoms with Crippen LogP contribution in [0.3, 0.4) is 0 Å². The van der Waals surface area contributed by atoms with Gasteiger partial charge in [-0.25, -0.2) is 0 Å². The first-order valence-corrected chi connectivity index (χ1v) is 28.8. The lowest BCUT2D eigenvalue weighted by molar-refractivity contribution is -0.138. The molecule has 0 spiro atoms. The van der Waals surface area contributed by atoms with E-state index in [9.17, 15) is 73.2 Å². The van der Waals surface area contributed by atoms with Gasteiger partial charge in [0.25, 0.3) is 0 Å². The minimum atomic E-state index is -1.73. The lowest BCUT2D eigenvalue weighted by Crippen LogP contribution is -2.61. The number of Topliss-reactive ketones (excluding diaryl/α,β-unsaturated/α-hetero) is 3. The Morgan fingerprint density at radius 2 is 1.19 bits per heavy atom. The number of nitrogens with two attached hydrogens (primary N) is 4. The summed E-state index contributed by atoms with van der Waals surface area (Å²) in [5.74, 6) is -12.9. The van der Waals surface area contributed by atoms with Gasteiger partial charge in [0.15, 0.2) is 11.6 Å². The van der Waals surface area contributed by atoms with E-state index in [0.717, 1.165) is 19.3 Å². The molecule has 1 aliphatic heterocycles. The van der Waals surface area contributed by atoms with E-state index in [1.165, 1.54) is 20.8 Å². The molecule has 1 heterocycles. The van der Waals surface area contributed by atoms with Gasteiger partial charge in [-0.05, 0) is 103 Å². The molecular formula is C56H94N12O15. The molecule has 1 aliphatic rings. The smallest absolute Gasteiger partial charge is 0.245 e. The van der Waals surface area contributed by atoms with E-state index in [-0.39, 0.29) is 76.9 Å². The number of ketones is 3. The molecule has 27 nitrogen and oxygen atoms in total. The molecule has 27 heteroatoms. The number of rotatable bonds is 29. The Kier molecular flexibility index (Phi) is 33.8. The Bertz CT molecular complexity index is 2270. The normalized spacial score (nSPS) is 23.7. The molecule has 1 fully saturated rings. The number of carbonyl (C=O) groups excluding carboxylic acids is 11. The van der Waals surface area contributed by atoms with Gasteiger partial charge >= 0.3 is 0 Å². The zero-order valence-corrected chi connectivity index (χ0v) is 48.7. The van der Waals surface area contributed by atoms with E-state index in [4.69, 9.17) is 22.9 Å². The quantitative estimate of drug-likeness (QED) is 0.0340. The minimum Gasteiger partial charge on any atom is -0.396 e. The summed E-state index contributed by atoms with van der Waals surface area (Å²) in [7, 11) is 0. The van der Waals surface area contributed by atoms with E-state index in [1.54, 1.807) is 30.3 Å². The molecule has 0 saturated carbocycles. The van der Waals surface area contributed by atoms with Gasteiger partial charge < -0.3 is 85.9 Å². The zero-order chi connectivity index (χ0) is 62.3. The van der Waals surface area contributed by atoms with Crippen LogP contribution in [0.15, 0.2) is 30.3 Å². The first-order chi connectivity index (χ1) is 39.3. The molecule has 20 N–H and O–H groups in total. The topological polar surface area (TPSA) is 469 Å². The second-order valence-electron chi connectivity index (χ2n) is 21.6. The van der Waals surface area contributed by atoms with Crippen molar-refractivity contribution >= 4 is 64.6 Å².